The zero-order valence-electron chi connectivity index (χ0n) is 15.6. The van der Waals surface area contributed by atoms with Crippen molar-refractivity contribution in [1.82, 2.24) is 9.80 Å². The third kappa shape index (κ3) is 4.65. The van der Waals surface area contributed by atoms with E-state index < -0.39 is 0 Å². The molecule has 0 unspecified atom stereocenters. The molecule has 1 aliphatic rings. The van der Waals surface area contributed by atoms with E-state index in [1.165, 1.54) is 0 Å². The number of methoxy groups -OCH3 is 1. The van der Waals surface area contributed by atoms with Gasteiger partial charge in [0.05, 0.1) is 13.7 Å². The average molecular weight is 348 g/mol. The van der Waals surface area contributed by atoms with Crippen molar-refractivity contribution in [2.45, 2.75) is 33.1 Å². The number of amides is 2. The zero-order valence-corrected chi connectivity index (χ0v) is 15.6. The maximum atomic E-state index is 12.9. The number of hydrogen-bond donors (Lipinski definition) is 0. The van der Waals surface area contributed by atoms with E-state index in [9.17, 15) is 9.59 Å². The van der Waals surface area contributed by atoms with Gasteiger partial charge in [0.25, 0.3) is 5.91 Å². The number of ether oxygens (including phenoxy) is 2. The van der Waals surface area contributed by atoms with Gasteiger partial charge >= 0.3 is 6.09 Å². The van der Waals surface area contributed by atoms with Gasteiger partial charge in [0.2, 0.25) is 0 Å². The fourth-order valence-corrected chi connectivity index (χ4v) is 3.02. The smallest absolute Gasteiger partial charge is 0.409 e. The van der Waals surface area contributed by atoms with Crippen LogP contribution >= 0.6 is 0 Å². The highest BCUT2D eigenvalue weighted by molar-refractivity contribution is 5.94. The zero-order chi connectivity index (χ0) is 18.4. The second kappa shape index (κ2) is 8.74. The maximum Gasteiger partial charge on any atom is 0.409 e. The topological polar surface area (TPSA) is 59.1 Å². The summed E-state index contributed by atoms with van der Waals surface area (Å²) >= 11 is 0. The van der Waals surface area contributed by atoms with Gasteiger partial charge in [-0.1, -0.05) is 13.8 Å². The normalized spacial score (nSPS) is 15.1. The Labute approximate surface area is 149 Å². The van der Waals surface area contributed by atoms with E-state index in [1.54, 1.807) is 25.0 Å². The molecule has 0 saturated carbocycles. The van der Waals surface area contributed by atoms with E-state index in [1.807, 2.05) is 17.0 Å². The molecular formula is C19H28N2O4. The number of benzene rings is 1. The van der Waals surface area contributed by atoms with Crippen LogP contribution in [0.3, 0.4) is 0 Å². The number of nitrogens with zero attached hydrogens (tertiary/aromatic N) is 2. The van der Waals surface area contributed by atoms with E-state index in [4.69, 9.17) is 9.47 Å². The lowest BCUT2D eigenvalue weighted by Gasteiger charge is -2.22. The van der Waals surface area contributed by atoms with Gasteiger partial charge in [-0.05, 0) is 43.0 Å². The molecule has 0 aliphatic carbocycles. The molecule has 6 heteroatoms. The summed E-state index contributed by atoms with van der Waals surface area (Å²) in [5.41, 5.74) is 1.69. The van der Waals surface area contributed by atoms with Crippen molar-refractivity contribution < 1.29 is 19.1 Å². The Kier molecular flexibility index (Phi) is 6.67. The van der Waals surface area contributed by atoms with E-state index in [0.717, 1.165) is 17.7 Å². The number of carbonyl (C=O) groups is 2. The highest BCUT2D eigenvalue weighted by Crippen LogP contribution is 2.27. The minimum Gasteiger partial charge on any atom is -0.496 e. The fourth-order valence-electron chi connectivity index (χ4n) is 3.02. The second-order valence-corrected chi connectivity index (χ2v) is 6.44. The summed E-state index contributed by atoms with van der Waals surface area (Å²) in [6.45, 7) is 8.58. The molecule has 0 aromatic heterocycles. The van der Waals surface area contributed by atoms with Crippen LogP contribution < -0.4 is 4.74 Å². The number of rotatable bonds is 4. The first-order valence-electron chi connectivity index (χ1n) is 8.86. The SMILES string of the molecule is CCOC(=O)N1CCCN(C(=O)c2ccc(OC)c(C(C)C)c2)CC1. The molecule has 6 nitrogen and oxygen atoms in total. The van der Waals surface area contributed by atoms with Crippen molar-refractivity contribution in [3.8, 4) is 5.75 Å². The van der Waals surface area contributed by atoms with Crippen molar-refractivity contribution in [2.75, 3.05) is 39.9 Å². The maximum absolute atomic E-state index is 12.9. The van der Waals surface area contributed by atoms with Gasteiger partial charge in [-0.2, -0.15) is 0 Å². The molecule has 0 bridgehead atoms. The van der Waals surface area contributed by atoms with Crippen LogP contribution in [-0.2, 0) is 4.74 Å². The van der Waals surface area contributed by atoms with Crippen molar-refractivity contribution >= 4 is 12.0 Å². The van der Waals surface area contributed by atoms with Crippen LogP contribution in [0.2, 0.25) is 0 Å². The third-order valence-electron chi connectivity index (χ3n) is 4.41. The van der Waals surface area contributed by atoms with Crippen molar-refractivity contribution in [2.24, 2.45) is 0 Å². The van der Waals surface area contributed by atoms with Crippen LogP contribution in [-0.4, -0.2) is 61.7 Å². The summed E-state index contributed by atoms with van der Waals surface area (Å²) in [5.74, 6) is 1.07. The molecule has 1 aromatic carbocycles. The Balaban J connectivity index is 2.10. The molecule has 1 fully saturated rings. The van der Waals surface area contributed by atoms with Gasteiger partial charge in [-0.25, -0.2) is 4.79 Å². The molecule has 0 atom stereocenters. The van der Waals surface area contributed by atoms with Gasteiger partial charge in [-0.15, -0.1) is 0 Å². The fraction of sp³-hybridized carbons (Fsp3) is 0.579. The third-order valence-corrected chi connectivity index (χ3v) is 4.41. The molecule has 2 amide bonds. The van der Waals surface area contributed by atoms with Crippen LogP contribution in [0.15, 0.2) is 18.2 Å². The van der Waals surface area contributed by atoms with Gasteiger partial charge in [0.15, 0.2) is 0 Å². The van der Waals surface area contributed by atoms with E-state index in [0.29, 0.717) is 38.3 Å². The molecule has 1 heterocycles. The first kappa shape index (κ1) is 19.1. The lowest BCUT2D eigenvalue weighted by Crippen LogP contribution is -2.37. The van der Waals surface area contributed by atoms with Gasteiger partial charge in [0, 0.05) is 31.7 Å². The van der Waals surface area contributed by atoms with Gasteiger partial charge in [-0.3, -0.25) is 4.79 Å². The summed E-state index contributed by atoms with van der Waals surface area (Å²) in [6.07, 6.45) is 0.445. The first-order valence-corrected chi connectivity index (χ1v) is 8.86. The standard InChI is InChI=1S/C19H28N2O4/c1-5-25-19(23)21-10-6-9-20(11-12-21)18(22)15-7-8-17(24-4)16(13-15)14(2)3/h7-8,13-14H,5-6,9-12H2,1-4H3. The first-order chi connectivity index (χ1) is 12.0. The Morgan fingerprint density at radius 2 is 1.80 bits per heavy atom. The van der Waals surface area contributed by atoms with Crippen LogP contribution in [0.4, 0.5) is 4.79 Å². The van der Waals surface area contributed by atoms with E-state index >= 15 is 0 Å². The number of hydrogen-bond acceptors (Lipinski definition) is 4. The molecule has 1 saturated heterocycles. The van der Waals surface area contributed by atoms with Gasteiger partial charge < -0.3 is 19.3 Å². The summed E-state index contributed by atoms with van der Waals surface area (Å²) < 4.78 is 10.4. The Hall–Kier alpha value is -2.24. The van der Waals surface area contributed by atoms with E-state index in [-0.39, 0.29) is 17.9 Å². The second-order valence-electron chi connectivity index (χ2n) is 6.44. The van der Waals surface area contributed by atoms with Crippen LogP contribution in [0.1, 0.15) is 49.0 Å². The molecule has 1 aliphatic heterocycles. The molecule has 0 spiro atoms. The van der Waals surface area contributed by atoms with E-state index in [2.05, 4.69) is 13.8 Å². The monoisotopic (exact) mass is 348 g/mol. The molecule has 1 aromatic rings. The van der Waals surface area contributed by atoms with Crippen molar-refractivity contribution in [1.29, 1.82) is 0 Å². The van der Waals surface area contributed by atoms with Crippen molar-refractivity contribution in [3.63, 3.8) is 0 Å². The minimum absolute atomic E-state index is 0.00439. The number of carbonyl (C=O) groups excluding carboxylic acids is 2. The molecule has 0 N–H and O–H groups in total. The van der Waals surface area contributed by atoms with Crippen LogP contribution in [0, 0.1) is 0 Å². The molecular weight excluding hydrogens is 320 g/mol. The highest BCUT2D eigenvalue weighted by Gasteiger charge is 2.24. The average Bonchev–Trinajstić information content (AvgIpc) is 2.87. The predicted octanol–water partition coefficient (Wildman–Crippen LogP) is 3.12. The highest BCUT2D eigenvalue weighted by atomic mass is 16.6. The largest absolute Gasteiger partial charge is 0.496 e. The lowest BCUT2D eigenvalue weighted by molar-refractivity contribution is 0.0753. The molecule has 25 heavy (non-hydrogen) atoms. The summed E-state index contributed by atoms with van der Waals surface area (Å²) in [4.78, 5) is 28.2. The van der Waals surface area contributed by atoms with Crippen LogP contribution in [0.5, 0.6) is 5.75 Å². The minimum atomic E-state index is -0.302. The van der Waals surface area contributed by atoms with Gasteiger partial charge in [0.1, 0.15) is 5.75 Å². The predicted molar refractivity (Wildman–Crippen MR) is 96.2 cm³/mol. The molecule has 2 rings (SSSR count). The quantitative estimate of drug-likeness (QED) is 0.839. The lowest BCUT2D eigenvalue weighted by atomic mass is 9.99. The Morgan fingerprint density at radius 3 is 2.44 bits per heavy atom. The Morgan fingerprint density at radius 1 is 1.12 bits per heavy atom. The summed E-state index contributed by atoms with van der Waals surface area (Å²) in [5, 5.41) is 0. The van der Waals surface area contributed by atoms with Crippen LogP contribution in [0.25, 0.3) is 0 Å². The van der Waals surface area contributed by atoms with Crippen molar-refractivity contribution in [3.05, 3.63) is 29.3 Å². The summed E-state index contributed by atoms with van der Waals surface area (Å²) in [7, 11) is 1.64. The Bertz CT molecular complexity index is 615. The molecule has 138 valence electrons. The molecule has 0 radical (unpaired) electrons. The summed E-state index contributed by atoms with van der Waals surface area (Å²) in [6, 6.07) is 5.58.